The number of benzene rings is 1. The number of nitrogens with one attached hydrogen (secondary N) is 1. The van der Waals surface area contributed by atoms with E-state index in [-0.39, 0.29) is 18.0 Å². The van der Waals surface area contributed by atoms with Crippen LogP contribution < -0.4 is 10.1 Å². The van der Waals surface area contributed by atoms with Crippen LogP contribution >= 0.6 is 0 Å². The highest BCUT2D eigenvalue weighted by Gasteiger charge is 2.29. The molecule has 128 valence electrons. The Kier molecular flexibility index (Phi) is 5.56. The second kappa shape index (κ2) is 7.62. The Labute approximate surface area is 136 Å². The van der Waals surface area contributed by atoms with Gasteiger partial charge in [-0.25, -0.2) is 4.79 Å². The van der Waals surface area contributed by atoms with E-state index in [1.807, 2.05) is 0 Å². The summed E-state index contributed by atoms with van der Waals surface area (Å²) >= 11 is 0. The Morgan fingerprint density at radius 2 is 2.04 bits per heavy atom. The van der Waals surface area contributed by atoms with Crippen molar-refractivity contribution in [1.29, 1.82) is 0 Å². The molecule has 0 atom stereocenters. The van der Waals surface area contributed by atoms with E-state index >= 15 is 0 Å². The van der Waals surface area contributed by atoms with E-state index in [0.29, 0.717) is 5.69 Å². The molecule has 0 saturated heterocycles. The average molecular weight is 340 g/mol. The van der Waals surface area contributed by atoms with Gasteiger partial charge in [-0.2, -0.15) is 13.2 Å². The number of carbonyl (C=O) groups excluding carboxylic acids is 1. The molecule has 0 unspecified atom stereocenters. The second-order valence-corrected chi connectivity index (χ2v) is 4.88. The van der Waals surface area contributed by atoms with E-state index in [9.17, 15) is 18.0 Å². The summed E-state index contributed by atoms with van der Waals surface area (Å²) in [4.78, 5) is 21.4. The van der Waals surface area contributed by atoms with Crippen molar-refractivity contribution in [2.45, 2.75) is 12.7 Å². The number of anilines is 1. The largest absolute Gasteiger partial charge is 0.482 e. The molecule has 0 saturated carbocycles. The summed E-state index contributed by atoms with van der Waals surface area (Å²) in [6.07, 6.45) is 0.0726. The van der Waals surface area contributed by atoms with Crippen LogP contribution in [-0.4, -0.2) is 40.7 Å². The average Bonchev–Trinajstić information content (AvgIpc) is 2.54. The molecule has 0 aliphatic heterocycles. The van der Waals surface area contributed by atoms with Gasteiger partial charge in [0.2, 0.25) is 0 Å². The Hall–Kier alpha value is -2.84. The summed E-state index contributed by atoms with van der Waals surface area (Å²) in [5, 5.41) is 2.51. The molecule has 24 heavy (non-hydrogen) atoms. The molecule has 0 aliphatic rings. The Morgan fingerprint density at radius 3 is 2.71 bits per heavy atom. The summed E-state index contributed by atoms with van der Waals surface area (Å²) in [5.74, 6) is -0.0592. The van der Waals surface area contributed by atoms with Crippen molar-refractivity contribution in [2.75, 3.05) is 19.0 Å². The highest BCUT2D eigenvalue weighted by molar-refractivity contribution is 5.90. The topological polar surface area (TPSA) is 67.4 Å². The van der Waals surface area contributed by atoms with Crippen molar-refractivity contribution in [3.63, 3.8) is 0 Å². The number of hydrogen-bond donors (Lipinski definition) is 1. The van der Waals surface area contributed by atoms with Crippen molar-refractivity contribution in [3.8, 4) is 5.75 Å². The fraction of sp³-hybridized carbons (Fsp3) is 0.267. The predicted molar refractivity (Wildman–Crippen MR) is 80.5 cm³/mol. The number of alkyl halides is 3. The van der Waals surface area contributed by atoms with Crippen molar-refractivity contribution in [1.82, 2.24) is 14.9 Å². The first-order valence-electron chi connectivity index (χ1n) is 6.91. The van der Waals surface area contributed by atoms with Gasteiger partial charge < -0.3 is 15.0 Å². The van der Waals surface area contributed by atoms with E-state index in [2.05, 4.69) is 15.3 Å². The normalized spacial score (nSPS) is 11.0. The highest BCUT2D eigenvalue weighted by Crippen LogP contribution is 2.26. The fourth-order valence-electron chi connectivity index (χ4n) is 1.79. The van der Waals surface area contributed by atoms with E-state index in [4.69, 9.17) is 4.74 Å². The van der Waals surface area contributed by atoms with Gasteiger partial charge in [-0.15, -0.1) is 0 Å². The second-order valence-electron chi connectivity index (χ2n) is 4.88. The molecule has 6 nitrogen and oxygen atoms in total. The van der Waals surface area contributed by atoms with E-state index in [1.165, 1.54) is 48.7 Å². The first-order chi connectivity index (χ1) is 11.3. The third-order valence-electron chi connectivity index (χ3n) is 2.88. The molecule has 2 aromatic rings. The number of urea groups is 1. The minimum atomic E-state index is -4.46. The smallest absolute Gasteiger partial charge is 0.422 e. The predicted octanol–water partition coefficient (Wildman–Crippen LogP) is 3.08. The van der Waals surface area contributed by atoms with E-state index in [0.717, 1.165) is 0 Å². The molecule has 1 aromatic carbocycles. The SMILES string of the molecule is CN(Cc1cnccn1)C(=O)Nc1ccccc1OCC(F)(F)F. The molecule has 0 bridgehead atoms. The lowest BCUT2D eigenvalue weighted by molar-refractivity contribution is -0.153. The quantitative estimate of drug-likeness (QED) is 0.908. The maximum atomic E-state index is 12.3. The van der Waals surface area contributed by atoms with Gasteiger partial charge in [0.15, 0.2) is 6.61 Å². The number of rotatable bonds is 5. The molecule has 2 rings (SSSR count). The first kappa shape index (κ1) is 17.5. The Morgan fingerprint density at radius 1 is 1.29 bits per heavy atom. The van der Waals surface area contributed by atoms with Crippen molar-refractivity contribution in [3.05, 3.63) is 48.5 Å². The van der Waals surface area contributed by atoms with Gasteiger partial charge in [-0.1, -0.05) is 12.1 Å². The zero-order valence-electron chi connectivity index (χ0n) is 12.7. The first-order valence-corrected chi connectivity index (χ1v) is 6.91. The highest BCUT2D eigenvalue weighted by atomic mass is 19.4. The van der Waals surface area contributed by atoms with Crippen LogP contribution in [0.2, 0.25) is 0 Å². The van der Waals surface area contributed by atoms with Crippen LogP contribution in [0.4, 0.5) is 23.7 Å². The van der Waals surface area contributed by atoms with Crippen molar-refractivity contribution >= 4 is 11.7 Å². The zero-order valence-corrected chi connectivity index (χ0v) is 12.7. The Balaban J connectivity index is 2.00. The summed E-state index contributed by atoms with van der Waals surface area (Å²) in [7, 11) is 1.53. The van der Waals surface area contributed by atoms with Crippen LogP contribution in [0.15, 0.2) is 42.9 Å². The molecular formula is C15H15F3N4O2. The van der Waals surface area contributed by atoms with Gasteiger partial charge >= 0.3 is 12.2 Å². The number of para-hydroxylation sites is 2. The fourth-order valence-corrected chi connectivity index (χ4v) is 1.79. The molecule has 0 fully saturated rings. The monoisotopic (exact) mass is 340 g/mol. The van der Waals surface area contributed by atoms with Crippen molar-refractivity contribution < 1.29 is 22.7 Å². The number of amides is 2. The maximum Gasteiger partial charge on any atom is 0.422 e. The lowest BCUT2D eigenvalue weighted by Crippen LogP contribution is -2.31. The van der Waals surface area contributed by atoms with E-state index < -0.39 is 18.8 Å². The number of aromatic nitrogens is 2. The minimum absolute atomic E-state index is 0.0592. The number of nitrogens with zero attached hydrogens (tertiary/aromatic N) is 3. The molecule has 1 N–H and O–H groups in total. The number of ether oxygens (including phenoxy) is 1. The lowest BCUT2D eigenvalue weighted by atomic mass is 10.3. The molecule has 9 heteroatoms. The number of hydrogen-bond acceptors (Lipinski definition) is 4. The van der Waals surface area contributed by atoms with Crippen LogP contribution in [0.3, 0.4) is 0 Å². The van der Waals surface area contributed by atoms with Crippen molar-refractivity contribution in [2.24, 2.45) is 0 Å². The van der Waals surface area contributed by atoms with Gasteiger partial charge in [0.25, 0.3) is 0 Å². The lowest BCUT2D eigenvalue weighted by Gasteiger charge is -2.19. The number of carbonyl (C=O) groups is 1. The summed E-state index contributed by atoms with van der Waals surface area (Å²) in [6.45, 7) is -1.24. The Bertz CT molecular complexity index is 680. The molecule has 0 spiro atoms. The third kappa shape index (κ3) is 5.41. The summed E-state index contributed by atoms with van der Waals surface area (Å²) < 4.78 is 41.5. The summed E-state index contributed by atoms with van der Waals surface area (Å²) in [6, 6.07) is 5.40. The molecular weight excluding hydrogens is 325 g/mol. The minimum Gasteiger partial charge on any atom is -0.482 e. The van der Waals surface area contributed by atoms with Crippen LogP contribution in [0.5, 0.6) is 5.75 Å². The van der Waals surface area contributed by atoms with Crippen LogP contribution in [-0.2, 0) is 6.54 Å². The zero-order chi connectivity index (χ0) is 17.6. The standard InChI is InChI=1S/C15H15F3N4O2/c1-22(9-11-8-19-6-7-20-11)14(23)21-12-4-2-3-5-13(12)24-10-15(16,17)18/h2-8H,9-10H2,1H3,(H,21,23). The van der Waals surface area contributed by atoms with Crippen LogP contribution in [0, 0.1) is 0 Å². The maximum absolute atomic E-state index is 12.3. The van der Waals surface area contributed by atoms with Gasteiger partial charge in [-0.3, -0.25) is 9.97 Å². The van der Waals surface area contributed by atoms with E-state index in [1.54, 1.807) is 6.07 Å². The van der Waals surface area contributed by atoms with Gasteiger partial charge in [0.1, 0.15) is 5.75 Å². The van der Waals surface area contributed by atoms with Crippen LogP contribution in [0.1, 0.15) is 5.69 Å². The van der Waals surface area contributed by atoms with Gasteiger partial charge in [0, 0.05) is 19.4 Å². The molecule has 0 aliphatic carbocycles. The van der Waals surface area contributed by atoms with Gasteiger partial charge in [0.05, 0.1) is 24.1 Å². The molecule has 1 heterocycles. The molecule has 2 amide bonds. The third-order valence-corrected chi connectivity index (χ3v) is 2.88. The number of halogens is 3. The van der Waals surface area contributed by atoms with Gasteiger partial charge in [-0.05, 0) is 12.1 Å². The summed E-state index contributed by atoms with van der Waals surface area (Å²) in [5.41, 5.74) is 0.731. The van der Waals surface area contributed by atoms with Crippen LogP contribution in [0.25, 0.3) is 0 Å². The molecule has 0 radical (unpaired) electrons. The molecule has 1 aromatic heterocycles.